The monoisotopic (exact) mass is 504 g/mol. The molecular weight excluding hydrogens is 464 g/mol. The van der Waals surface area contributed by atoms with Crippen molar-refractivity contribution in [1.82, 2.24) is 4.90 Å². The van der Waals surface area contributed by atoms with Crippen molar-refractivity contribution in [2.75, 3.05) is 19.8 Å². The molecule has 3 rings (SSSR count). The van der Waals surface area contributed by atoms with Crippen molar-refractivity contribution in [1.29, 1.82) is 0 Å². The standard InChI is InChI=1S/C27H40N2O7/c1-5-35-22(31)11-13-29-26(33)19-10-9-18-20(15-21(30)25(32)23(18)24(19)27(29)34)28-36-14-12-17(4)8-6-7-16(2)3/h7,12,18-19,21,23-25,30,32H,5-6,8-11,13-15H2,1-4H3/b17-12+,28-20+/t18-,19-,21-,23+,24-,25-/m1/s1. The molecule has 2 amide bonds. The second-order valence-electron chi connectivity index (χ2n) is 10.3. The van der Waals surface area contributed by atoms with Gasteiger partial charge in [0, 0.05) is 24.8 Å². The quantitative estimate of drug-likeness (QED) is 0.154. The molecule has 0 aromatic heterocycles. The normalized spacial score (nSPS) is 31.2. The zero-order valence-corrected chi connectivity index (χ0v) is 21.8. The van der Waals surface area contributed by atoms with Crippen LogP contribution in [0.3, 0.4) is 0 Å². The Morgan fingerprint density at radius 2 is 1.81 bits per heavy atom. The fourth-order valence-corrected chi connectivity index (χ4v) is 5.69. The highest BCUT2D eigenvalue weighted by atomic mass is 16.6. The molecule has 2 saturated carbocycles. The van der Waals surface area contributed by atoms with Gasteiger partial charge < -0.3 is 19.8 Å². The number of allylic oxidation sites excluding steroid dienone is 3. The molecule has 3 aliphatic rings. The maximum atomic E-state index is 13.3. The molecule has 1 heterocycles. The number of ether oxygens (including phenoxy) is 1. The summed E-state index contributed by atoms with van der Waals surface area (Å²) >= 11 is 0. The molecule has 0 spiro atoms. The summed E-state index contributed by atoms with van der Waals surface area (Å²) in [5.41, 5.74) is 3.11. The van der Waals surface area contributed by atoms with Crippen molar-refractivity contribution < 1.29 is 34.2 Å². The van der Waals surface area contributed by atoms with Gasteiger partial charge >= 0.3 is 5.97 Å². The fraction of sp³-hybridized carbons (Fsp3) is 0.704. The predicted octanol–water partition coefficient (Wildman–Crippen LogP) is 2.76. The number of carbonyl (C=O) groups is 3. The maximum Gasteiger partial charge on any atom is 0.307 e. The molecule has 0 aromatic rings. The van der Waals surface area contributed by atoms with Crippen LogP contribution in [0.2, 0.25) is 0 Å². The van der Waals surface area contributed by atoms with Gasteiger partial charge in [-0.25, -0.2) is 0 Å². The van der Waals surface area contributed by atoms with Gasteiger partial charge in [-0.1, -0.05) is 22.4 Å². The van der Waals surface area contributed by atoms with E-state index in [1.165, 1.54) is 11.1 Å². The molecule has 2 N–H and O–H groups in total. The molecule has 36 heavy (non-hydrogen) atoms. The average Bonchev–Trinajstić information content (AvgIpc) is 3.07. The van der Waals surface area contributed by atoms with Crippen LogP contribution in [0.15, 0.2) is 28.5 Å². The number of hydrogen-bond acceptors (Lipinski definition) is 8. The number of carbonyl (C=O) groups excluding carboxylic acids is 3. The first-order valence-corrected chi connectivity index (χ1v) is 13.0. The summed E-state index contributed by atoms with van der Waals surface area (Å²) in [7, 11) is 0. The van der Waals surface area contributed by atoms with Crippen LogP contribution in [0.25, 0.3) is 0 Å². The van der Waals surface area contributed by atoms with E-state index in [1.807, 2.05) is 13.0 Å². The van der Waals surface area contributed by atoms with E-state index in [0.717, 1.165) is 17.7 Å². The zero-order chi connectivity index (χ0) is 26.4. The van der Waals surface area contributed by atoms with Gasteiger partial charge in [-0.15, -0.1) is 0 Å². The summed E-state index contributed by atoms with van der Waals surface area (Å²) in [4.78, 5) is 44.7. The maximum absolute atomic E-state index is 13.3. The number of rotatable bonds is 10. The molecule has 9 nitrogen and oxygen atoms in total. The Balaban J connectivity index is 1.68. The van der Waals surface area contributed by atoms with Crippen LogP contribution in [0.5, 0.6) is 0 Å². The summed E-state index contributed by atoms with van der Waals surface area (Å²) in [6.45, 7) is 8.38. The number of aliphatic hydroxyl groups is 2. The van der Waals surface area contributed by atoms with Crippen LogP contribution < -0.4 is 0 Å². The molecule has 0 bridgehead atoms. The Hall–Kier alpha value is -2.52. The van der Waals surface area contributed by atoms with Gasteiger partial charge in [0.2, 0.25) is 11.8 Å². The van der Waals surface area contributed by atoms with E-state index >= 15 is 0 Å². The Morgan fingerprint density at radius 1 is 1.08 bits per heavy atom. The average molecular weight is 505 g/mol. The Morgan fingerprint density at radius 3 is 2.50 bits per heavy atom. The molecule has 0 unspecified atom stereocenters. The molecule has 1 aliphatic heterocycles. The summed E-state index contributed by atoms with van der Waals surface area (Å²) < 4.78 is 4.91. The number of aliphatic hydroxyl groups excluding tert-OH is 2. The number of hydrogen-bond donors (Lipinski definition) is 2. The van der Waals surface area contributed by atoms with Gasteiger partial charge in [0.05, 0.1) is 42.8 Å². The number of imide groups is 1. The molecule has 0 radical (unpaired) electrons. The van der Waals surface area contributed by atoms with Gasteiger partial charge in [0.25, 0.3) is 0 Å². The number of fused-ring (bicyclic) bond motifs is 3. The summed E-state index contributed by atoms with van der Waals surface area (Å²) in [6, 6.07) is 0. The van der Waals surface area contributed by atoms with Crippen LogP contribution in [0.4, 0.5) is 0 Å². The molecule has 200 valence electrons. The van der Waals surface area contributed by atoms with E-state index in [2.05, 4.69) is 25.1 Å². The van der Waals surface area contributed by atoms with E-state index in [0.29, 0.717) is 25.2 Å². The topological polar surface area (TPSA) is 126 Å². The van der Waals surface area contributed by atoms with E-state index in [-0.39, 0.29) is 37.8 Å². The molecule has 3 fully saturated rings. The fourth-order valence-electron chi connectivity index (χ4n) is 5.69. The largest absolute Gasteiger partial charge is 0.466 e. The lowest BCUT2D eigenvalue weighted by molar-refractivity contribution is -0.145. The minimum atomic E-state index is -1.14. The third kappa shape index (κ3) is 6.42. The highest BCUT2D eigenvalue weighted by molar-refractivity contribution is 6.06. The van der Waals surface area contributed by atoms with Crippen molar-refractivity contribution in [2.24, 2.45) is 28.8 Å². The number of oxime groups is 1. The van der Waals surface area contributed by atoms with Gasteiger partial charge in [0.1, 0.15) is 6.61 Å². The summed E-state index contributed by atoms with van der Waals surface area (Å²) in [5.74, 6) is -3.36. The van der Waals surface area contributed by atoms with E-state index in [4.69, 9.17) is 9.57 Å². The van der Waals surface area contributed by atoms with Crippen LogP contribution >= 0.6 is 0 Å². The lowest BCUT2D eigenvalue weighted by atomic mass is 9.60. The Labute approximate surface area is 213 Å². The first-order valence-electron chi connectivity index (χ1n) is 13.0. The minimum absolute atomic E-state index is 0.0388. The van der Waals surface area contributed by atoms with E-state index < -0.39 is 41.8 Å². The molecule has 2 aliphatic carbocycles. The van der Waals surface area contributed by atoms with Gasteiger partial charge in [-0.3, -0.25) is 19.3 Å². The third-order valence-corrected chi connectivity index (χ3v) is 7.49. The van der Waals surface area contributed by atoms with Crippen LogP contribution in [-0.2, 0) is 24.0 Å². The van der Waals surface area contributed by atoms with Crippen molar-refractivity contribution in [3.05, 3.63) is 23.3 Å². The van der Waals surface area contributed by atoms with Gasteiger partial charge in [0.15, 0.2) is 0 Å². The highest BCUT2D eigenvalue weighted by Gasteiger charge is 2.59. The van der Waals surface area contributed by atoms with Crippen LogP contribution in [-0.4, -0.2) is 70.6 Å². The lowest BCUT2D eigenvalue weighted by Gasteiger charge is -2.45. The molecule has 6 atom stereocenters. The van der Waals surface area contributed by atoms with Gasteiger partial charge in [-0.2, -0.15) is 0 Å². The number of likely N-dealkylation sites (tertiary alicyclic amines) is 1. The van der Waals surface area contributed by atoms with E-state index in [1.54, 1.807) is 6.92 Å². The second-order valence-corrected chi connectivity index (χ2v) is 10.3. The molecule has 9 heteroatoms. The molecule has 0 aromatic carbocycles. The predicted molar refractivity (Wildman–Crippen MR) is 134 cm³/mol. The second kappa shape index (κ2) is 12.6. The zero-order valence-electron chi connectivity index (χ0n) is 21.8. The smallest absolute Gasteiger partial charge is 0.307 e. The number of nitrogens with zero attached hydrogens (tertiary/aromatic N) is 2. The Bertz CT molecular complexity index is 921. The molecule has 1 saturated heterocycles. The first-order chi connectivity index (χ1) is 17.1. The van der Waals surface area contributed by atoms with Crippen LogP contribution in [0, 0.1) is 23.7 Å². The van der Waals surface area contributed by atoms with Crippen molar-refractivity contribution in [3.63, 3.8) is 0 Å². The van der Waals surface area contributed by atoms with E-state index in [9.17, 15) is 24.6 Å². The van der Waals surface area contributed by atoms with Crippen molar-refractivity contribution >= 4 is 23.5 Å². The van der Waals surface area contributed by atoms with Crippen molar-refractivity contribution in [3.8, 4) is 0 Å². The molecular formula is C27H40N2O7. The lowest BCUT2D eigenvalue weighted by Crippen LogP contribution is -2.54. The summed E-state index contributed by atoms with van der Waals surface area (Å²) in [5, 5.41) is 25.7. The number of amides is 2. The van der Waals surface area contributed by atoms with Gasteiger partial charge in [-0.05, 0) is 59.5 Å². The van der Waals surface area contributed by atoms with Crippen molar-refractivity contribution in [2.45, 2.75) is 78.4 Å². The highest BCUT2D eigenvalue weighted by Crippen LogP contribution is 2.49. The first kappa shape index (κ1) is 28.1. The van der Waals surface area contributed by atoms with Crippen LogP contribution in [0.1, 0.15) is 66.2 Å². The summed E-state index contributed by atoms with van der Waals surface area (Å²) in [6.07, 6.45) is 5.00. The third-order valence-electron chi connectivity index (χ3n) is 7.49. The SMILES string of the molecule is CCOC(=O)CCN1C(=O)[C@H]2[C@H]3[C@H](O)[C@H](O)C/C(=N\OC/C=C(\C)CCC=C(C)C)[C@H]3CC[C@H]2C1=O. The minimum Gasteiger partial charge on any atom is -0.466 e. The Kier molecular flexibility index (Phi) is 9.84. The number of esters is 1.